The van der Waals surface area contributed by atoms with Crippen molar-refractivity contribution in [2.24, 2.45) is 0 Å². The zero-order chi connectivity index (χ0) is 26.6. The van der Waals surface area contributed by atoms with Gasteiger partial charge in [0.25, 0.3) is 5.91 Å². The highest BCUT2D eigenvalue weighted by Crippen LogP contribution is 2.40. The molecule has 1 aromatic heterocycles. The average Bonchev–Trinajstić information content (AvgIpc) is 3.43. The summed E-state index contributed by atoms with van der Waals surface area (Å²) < 4.78 is 12.2. The number of benzene rings is 3. The number of hydrogen-bond acceptors (Lipinski definition) is 6. The number of ether oxygens (including phenoxy) is 2. The van der Waals surface area contributed by atoms with Gasteiger partial charge in [-0.3, -0.25) is 4.79 Å². The van der Waals surface area contributed by atoms with E-state index in [4.69, 9.17) is 9.47 Å². The SMILES string of the molecule is CN1CCN(c2ccc(CNC(=O)C3Cc4c(-c5ccccc5Oc5ccccc5)ccnc4O3)cc2)CC1. The quantitative estimate of drug-likeness (QED) is 0.374. The Morgan fingerprint density at radius 3 is 2.46 bits per heavy atom. The Hall–Kier alpha value is -4.36. The Balaban J connectivity index is 1.11. The van der Waals surface area contributed by atoms with Crippen LogP contribution in [0.4, 0.5) is 5.69 Å². The molecule has 0 bridgehead atoms. The average molecular weight is 521 g/mol. The number of likely N-dealkylation sites (N-methyl/N-ethyl adjacent to an activating group) is 1. The predicted octanol–water partition coefficient (Wildman–Crippen LogP) is 4.91. The van der Waals surface area contributed by atoms with Crippen molar-refractivity contribution < 1.29 is 14.3 Å². The molecule has 7 nitrogen and oxygen atoms in total. The monoisotopic (exact) mass is 520 g/mol. The van der Waals surface area contributed by atoms with Crippen LogP contribution in [0.1, 0.15) is 11.1 Å². The van der Waals surface area contributed by atoms with Crippen molar-refractivity contribution in [3.05, 3.63) is 102 Å². The number of amides is 1. The molecule has 39 heavy (non-hydrogen) atoms. The number of carbonyl (C=O) groups excluding carboxylic acids is 1. The second-order valence-corrected chi connectivity index (χ2v) is 10.0. The predicted molar refractivity (Wildman–Crippen MR) is 152 cm³/mol. The standard InChI is InChI=1S/C32H32N4O3/c1-35-17-19-36(20-18-35)24-13-11-23(12-14-24)22-34-31(37)30-21-28-26(15-16-33-32(28)39-30)27-9-5-6-10-29(27)38-25-7-3-2-4-8-25/h2-16,30H,17-22H2,1H3,(H,34,37). The van der Waals surface area contributed by atoms with Crippen molar-refractivity contribution in [2.45, 2.75) is 19.1 Å². The molecular weight excluding hydrogens is 488 g/mol. The minimum Gasteiger partial charge on any atom is -0.464 e. The van der Waals surface area contributed by atoms with Gasteiger partial charge in [0.2, 0.25) is 5.88 Å². The zero-order valence-corrected chi connectivity index (χ0v) is 22.0. The van der Waals surface area contributed by atoms with Crippen LogP contribution < -0.4 is 19.7 Å². The number of fused-ring (bicyclic) bond motifs is 1. The van der Waals surface area contributed by atoms with E-state index in [1.165, 1.54) is 5.69 Å². The van der Waals surface area contributed by atoms with E-state index in [-0.39, 0.29) is 5.91 Å². The fourth-order valence-electron chi connectivity index (χ4n) is 5.12. The Morgan fingerprint density at radius 1 is 0.923 bits per heavy atom. The molecule has 1 atom stereocenters. The Labute approximate surface area is 229 Å². The van der Waals surface area contributed by atoms with E-state index in [0.29, 0.717) is 18.8 Å². The largest absolute Gasteiger partial charge is 0.464 e. The molecule has 1 fully saturated rings. The van der Waals surface area contributed by atoms with Crippen LogP contribution in [0, 0.1) is 0 Å². The zero-order valence-electron chi connectivity index (χ0n) is 22.0. The summed E-state index contributed by atoms with van der Waals surface area (Å²) in [5.41, 5.74) is 5.09. The molecule has 3 aromatic carbocycles. The maximum absolute atomic E-state index is 13.1. The summed E-state index contributed by atoms with van der Waals surface area (Å²) in [4.78, 5) is 22.3. The van der Waals surface area contributed by atoms with E-state index < -0.39 is 6.10 Å². The van der Waals surface area contributed by atoms with Gasteiger partial charge in [-0.15, -0.1) is 0 Å². The van der Waals surface area contributed by atoms with Gasteiger partial charge < -0.3 is 24.6 Å². The van der Waals surface area contributed by atoms with E-state index in [9.17, 15) is 4.79 Å². The summed E-state index contributed by atoms with van der Waals surface area (Å²) in [6.07, 6.45) is 1.54. The van der Waals surface area contributed by atoms with E-state index in [1.807, 2.05) is 60.7 Å². The van der Waals surface area contributed by atoms with Crippen molar-refractivity contribution >= 4 is 11.6 Å². The van der Waals surface area contributed by atoms with Crippen molar-refractivity contribution in [1.82, 2.24) is 15.2 Å². The molecule has 0 aliphatic carbocycles. The van der Waals surface area contributed by atoms with Gasteiger partial charge in [-0.05, 0) is 54.6 Å². The minimum atomic E-state index is -0.625. The van der Waals surface area contributed by atoms with Gasteiger partial charge in [0.1, 0.15) is 11.5 Å². The number of para-hydroxylation sites is 2. The highest BCUT2D eigenvalue weighted by molar-refractivity contribution is 5.84. The summed E-state index contributed by atoms with van der Waals surface area (Å²) in [6, 6.07) is 28.0. The summed E-state index contributed by atoms with van der Waals surface area (Å²) >= 11 is 0. The maximum Gasteiger partial charge on any atom is 0.261 e. The van der Waals surface area contributed by atoms with Crippen molar-refractivity contribution in [1.29, 1.82) is 0 Å². The molecule has 0 saturated carbocycles. The van der Waals surface area contributed by atoms with Gasteiger partial charge in [0.05, 0.1) is 0 Å². The third-order valence-electron chi connectivity index (χ3n) is 7.37. The van der Waals surface area contributed by atoms with Crippen LogP contribution in [0.3, 0.4) is 0 Å². The van der Waals surface area contributed by atoms with Gasteiger partial charge in [-0.2, -0.15) is 0 Å². The second kappa shape index (κ2) is 11.2. The van der Waals surface area contributed by atoms with E-state index in [2.05, 4.69) is 51.4 Å². The third-order valence-corrected chi connectivity index (χ3v) is 7.37. The normalized spacial score (nSPS) is 16.8. The molecule has 2 aliphatic heterocycles. The molecule has 198 valence electrons. The first-order chi connectivity index (χ1) is 19.1. The van der Waals surface area contributed by atoms with Gasteiger partial charge in [-0.1, -0.05) is 48.5 Å². The fourth-order valence-corrected chi connectivity index (χ4v) is 5.12. The van der Waals surface area contributed by atoms with E-state index in [0.717, 1.165) is 59.9 Å². The lowest BCUT2D eigenvalue weighted by molar-refractivity contribution is -0.127. The molecule has 1 unspecified atom stereocenters. The van der Waals surface area contributed by atoms with Crippen molar-refractivity contribution in [3.8, 4) is 28.5 Å². The molecule has 3 heterocycles. The molecular formula is C32H32N4O3. The first kappa shape index (κ1) is 24.9. The maximum atomic E-state index is 13.1. The van der Waals surface area contributed by atoms with Crippen LogP contribution in [-0.2, 0) is 17.8 Å². The topological polar surface area (TPSA) is 66.9 Å². The first-order valence-electron chi connectivity index (χ1n) is 13.4. The number of nitrogens with zero attached hydrogens (tertiary/aromatic N) is 3. The lowest BCUT2D eigenvalue weighted by atomic mass is 9.98. The summed E-state index contributed by atoms with van der Waals surface area (Å²) in [5, 5.41) is 3.05. The van der Waals surface area contributed by atoms with E-state index in [1.54, 1.807) is 6.20 Å². The van der Waals surface area contributed by atoms with Crippen LogP contribution in [0.2, 0.25) is 0 Å². The molecule has 1 amide bonds. The molecule has 6 rings (SSSR count). The number of rotatable bonds is 7. The van der Waals surface area contributed by atoms with Crippen LogP contribution >= 0.6 is 0 Å². The number of aromatic nitrogens is 1. The number of piperazine rings is 1. The molecule has 1 N–H and O–H groups in total. The fraction of sp³-hybridized carbons (Fsp3) is 0.250. The molecule has 0 spiro atoms. The van der Waals surface area contributed by atoms with Gasteiger partial charge in [0.15, 0.2) is 6.10 Å². The summed E-state index contributed by atoms with van der Waals surface area (Å²) in [7, 11) is 2.16. The lowest BCUT2D eigenvalue weighted by Gasteiger charge is -2.34. The van der Waals surface area contributed by atoms with Crippen LogP contribution in [0.25, 0.3) is 11.1 Å². The van der Waals surface area contributed by atoms with Crippen LogP contribution in [-0.4, -0.2) is 55.1 Å². The number of nitrogens with one attached hydrogen (secondary N) is 1. The highest BCUT2D eigenvalue weighted by atomic mass is 16.5. The lowest BCUT2D eigenvalue weighted by Crippen LogP contribution is -2.44. The summed E-state index contributed by atoms with van der Waals surface area (Å²) in [6.45, 7) is 4.66. The smallest absolute Gasteiger partial charge is 0.261 e. The van der Waals surface area contributed by atoms with Crippen LogP contribution in [0.15, 0.2) is 91.1 Å². The highest BCUT2D eigenvalue weighted by Gasteiger charge is 2.32. The Bertz CT molecular complexity index is 1430. The first-order valence-corrected chi connectivity index (χ1v) is 13.4. The number of hydrogen-bond donors (Lipinski definition) is 1. The summed E-state index contributed by atoms with van der Waals surface area (Å²) in [5.74, 6) is 1.86. The Morgan fingerprint density at radius 2 is 1.67 bits per heavy atom. The minimum absolute atomic E-state index is 0.143. The molecule has 1 saturated heterocycles. The molecule has 0 radical (unpaired) electrons. The molecule has 7 heteroatoms. The number of anilines is 1. The number of pyridine rings is 1. The number of carbonyl (C=O) groups is 1. The second-order valence-electron chi connectivity index (χ2n) is 10.0. The van der Waals surface area contributed by atoms with Gasteiger partial charge in [-0.25, -0.2) is 4.98 Å². The van der Waals surface area contributed by atoms with Gasteiger partial charge >= 0.3 is 0 Å². The van der Waals surface area contributed by atoms with Crippen molar-refractivity contribution in [2.75, 3.05) is 38.1 Å². The third kappa shape index (κ3) is 5.59. The van der Waals surface area contributed by atoms with E-state index >= 15 is 0 Å². The van der Waals surface area contributed by atoms with Crippen LogP contribution in [0.5, 0.6) is 17.4 Å². The van der Waals surface area contributed by atoms with Crippen molar-refractivity contribution in [3.63, 3.8) is 0 Å². The molecule has 2 aliphatic rings. The van der Waals surface area contributed by atoms with Gasteiger partial charge in [0, 0.05) is 62.2 Å². The molecule has 4 aromatic rings. The Kier molecular flexibility index (Phi) is 7.15.